The van der Waals surface area contributed by atoms with E-state index in [-0.39, 0.29) is 0 Å². The average molecular weight is 314 g/mol. The zero-order chi connectivity index (χ0) is 13.2. The van der Waals surface area contributed by atoms with Crippen molar-refractivity contribution in [2.45, 2.75) is 0 Å². The van der Waals surface area contributed by atoms with Crippen LogP contribution in [0, 0.1) is 0 Å². The third-order valence-corrected chi connectivity index (χ3v) is 4.65. The quantitative estimate of drug-likeness (QED) is 0.841. The van der Waals surface area contributed by atoms with E-state index in [1.807, 2.05) is 23.6 Å². The number of nitrogens with zero attached hydrogens (tertiary/aromatic N) is 3. The van der Waals surface area contributed by atoms with Crippen molar-refractivity contribution in [3.05, 3.63) is 39.8 Å². The molecule has 19 heavy (non-hydrogen) atoms. The van der Waals surface area contributed by atoms with E-state index in [4.69, 9.17) is 23.2 Å². The molecule has 1 fully saturated rings. The second kappa shape index (κ2) is 5.57. The number of hydrogen-bond acceptors (Lipinski definition) is 4. The zero-order valence-corrected chi connectivity index (χ0v) is 12.5. The topological polar surface area (TPSA) is 19.4 Å². The number of hydrogen-bond donors (Lipinski definition) is 0. The van der Waals surface area contributed by atoms with Gasteiger partial charge in [-0.2, -0.15) is 0 Å². The van der Waals surface area contributed by atoms with Crippen LogP contribution in [0.4, 0.5) is 10.8 Å². The SMILES string of the molecule is Clc1cccc(N2CCN(c3nc(Cl)cs3)CC2)c1. The molecule has 1 saturated heterocycles. The highest BCUT2D eigenvalue weighted by atomic mass is 35.5. The molecule has 0 amide bonds. The molecule has 1 aliphatic heterocycles. The number of rotatable bonds is 2. The van der Waals surface area contributed by atoms with Crippen LogP contribution in [0.15, 0.2) is 29.6 Å². The highest BCUT2D eigenvalue weighted by molar-refractivity contribution is 7.14. The first-order chi connectivity index (χ1) is 9.22. The van der Waals surface area contributed by atoms with Gasteiger partial charge in [0.1, 0.15) is 5.15 Å². The van der Waals surface area contributed by atoms with E-state index in [1.165, 1.54) is 5.69 Å². The third kappa shape index (κ3) is 2.96. The van der Waals surface area contributed by atoms with Crippen LogP contribution in [0.5, 0.6) is 0 Å². The van der Waals surface area contributed by atoms with Crippen molar-refractivity contribution < 1.29 is 0 Å². The molecule has 1 aliphatic rings. The summed E-state index contributed by atoms with van der Waals surface area (Å²) in [5, 5.41) is 4.25. The second-order valence-corrected chi connectivity index (χ2v) is 6.07. The van der Waals surface area contributed by atoms with Crippen molar-refractivity contribution in [1.29, 1.82) is 0 Å². The Kier molecular flexibility index (Phi) is 3.82. The molecule has 2 aromatic rings. The minimum atomic E-state index is 0.581. The average Bonchev–Trinajstić information content (AvgIpc) is 2.86. The van der Waals surface area contributed by atoms with Gasteiger partial charge in [-0.1, -0.05) is 29.3 Å². The van der Waals surface area contributed by atoms with Crippen LogP contribution in [0.3, 0.4) is 0 Å². The van der Waals surface area contributed by atoms with Crippen LogP contribution in [-0.4, -0.2) is 31.2 Å². The summed E-state index contributed by atoms with van der Waals surface area (Å²) in [5.41, 5.74) is 1.18. The van der Waals surface area contributed by atoms with Gasteiger partial charge in [0.05, 0.1) is 0 Å². The molecule has 0 radical (unpaired) electrons. The number of thiazole rings is 1. The third-order valence-electron chi connectivity index (χ3n) is 3.19. The van der Waals surface area contributed by atoms with Crippen molar-refractivity contribution in [2.24, 2.45) is 0 Å². The van der Waals surface area contributed by atoms with Crippen molar-refractivity contribution in [3.63, 3.8) is 0 Å². The molecule has 0 spiro atoms. The lowest BCUT2D eigenvalue weighted by molar-refractivity contribution is 0.652. The van der Waals surface area contributed by atoms with E-state index in [0.29, 0.717) is 5.15 Å². The molecule has 0 bridgehead atoms. The number of anilines is 2. The molecule has 0 saturated carbocycles. The molecule has 0 N–H and O–H groups in total. The highest BCUT2D eigenvalue weighted by Gasteiger charge is 2.19. The predicted molar refractivity (Wildman–Crippen MR) is 83.0 cm³/mol. The first-order valence-electron chi connectivity index (χ1n) is 6.09. The summed E-state index contributed by atoms with van der Waals surface area (Å²) in [4.78, 5) is 8.94. The molecule has 3 rings (SSSR count). The van der Waals surface area contributed by atoms with Crippen molar-refractivity contribution in [1.82, 2.24) is 4.98 Å². The normalized spacial score (nSPS) is 15.9. The number of aromatic nitrogens is 1. The number of halogens is 2. The maximum Gasteiger partial charge on any atom is 0.186 e. The minimum absolute atomic E-state index is 0.581. The maximum atomic E-state index is 6.03. The second-order valence-electron chi connectivity index (χ2n) is 4.41. The van der Waals surface area contributed by atoms with Crippen LogP contribution in [0.1, 0.15) is 0 Å². The number of benzene rings is 1. The summed E-state index contributed by atoms with van der Waals surface area (Å²) >= 11 is 13.5. The van der Waals surface area contributed by atoms with Crippen molar-refractivity contribution >= 4 is 45.4 Å². The summed E-state index contributed by atoms with van der Waals surface area (Å²) in [7, 11) is 0. The molecule has 3 nitrogen and oxygen atoms in total. The summed E-state index contributed by atoms with van der Waals surface area (Å²) in [5.74, 6) is 0. The van der Waals surface area contributed by atoms with Gasteiger partial charge in [0.2, 0.25) is 0 Å². The largest absolute Gasteiger partial charge is 0.368 e. The van der Waals surface area contributed by atoms with E-state index in [2.05, 4.69) is 20.9 Å². The number of piperazine rings is 1. The Morgan fingerprint density at radius 2 is 1.79 bits per heavy atom. The molecular formula is C13H13Cl2N3S. The van der Waals surface area contributed by atoms with E-state index >= 15 is 0 Å². The van der Waals surface area contributed by atoms with Gasteiger partial charge in [0.15, 0.2) is 5.13 Å². The van der Waals surface area contributed by atoms with E-state index in [9.17, 15) is 0 Å². The van der Waals surface area contributed by atoms with Crippen LogP contribution in [-0.2, 0) is 0 Å². The van der Waals surface area contributed by atoms with Gasteiger partial charge in [-0.15, -0.1) is 11.3 Å². The Morgan fingerprint density at radius 3 is 2.42 bits per heavy atom. The summed E-state index contributed by atoms with van der Waals surface area (Å²) < 4.78 is 0. The Balaban J connectivity index is 1.66. The standard InChI is InChI=1S/C13H13Cl2N3S/c14-10-2-1-3-11(8-10)17-4-6-18(7-5-17)13-16-12(15)9-19-13/h1-3,8-9H,4-7H2. The fourth-order valence-corrected chi connectivity index (χ4v) is 3.41. The molecule has 100 valence electrons. The lowest BCUT2D eigenvalue weighted by atomic mass is 10.2. The Labute approximate surface area is 126 Å². The van der Waals surface area contributed by atoms with E-state index < -0.39 is 0 Å². The molecule has 2 heterocycles. The molecular weight excluding hydrogens is 301 g/mol. The van der Waals surface area contributed by atoms with Gasteiger partial charge >= 0.3 is 0 Å². The smallest absolute Gasteiger partial charge is 0.186 e. The fraction of sp³-hybridized carbons (Fsp3) is 0.308. The van der Waals surface area contributed by atoms with Gasteiger partial charge in [0.25, 0.3) is 0 Å². The maximum absolute atomic E-state index is 6.03. The highest BCUT2D eigenvalue weighted by Crippen LogP contribution is 2.26. The summed E-state index contributed by atoms with van der Waals surface area (Å²) in [6.45, 7) is 3.85. The molecule has 1 aromatic heterocycles. The van der Waals surface area contributed by atoms with Gasteiger partial charge in [-0.05, 0) is 18.2 Å². The zero-order valence-electron chi connectivity index (χ0n) is 10.2. The van der Waals surface area contributed by atoms with Gasteiger partial charge in [-0.25, -0.2) is 4.98 Å². The first kappa shape index (κ1) is 13.0. The molecule has 1 aromatic carbocycles. The predicted octanol–water partition coefficient (Wildman–Crippen LogP) is 3.78. The van der Waals surface area contributed by atoms with Gasteiger partial charge in [0, 0.05) is 42.3 Å². The fourth-order valence-electron chi connectivity index (χ4n) is 2.22. The minimum Gasteiger partial charge on any atom is -0.368 e. The molecule has 0 unspecified atom stereocenters. The summed E-state index contributed by atoms with van der Waals surface area (Å²) in [6.07, 6.45) is 0. The van der Waals surface area contributed by atoms with Crippen LogP contribution < -0.4 is 9.80 Å². The lowest BCUT2D eigenvalue weighted by Gasteiger charge is -2.36. The van der Waals surface area contributed by atoms with Crippen molar-refractivity contribution in [2.75, 3.05) is 36.0 Å². The van der Waals surface area contributed by atoms with E-state index in [0.717, 1.165) is 36.3 Å². The van der Waals surface area contributed by atoms with E-state index in [1.54, 1.807) is 11.3 Å². The Morgan fingerprint density at radius 1 is 1.05 bits per heavy atom. The van der Waals surface area contributed by atoms with Crippen LogP contribution >= 0.6 is 34.5 Å². The Hall–Kier alpha value is -0.970. The molecule has 6 heteroatoms. The monoisotopic (exact) mass is 313 g/mol. The first-order valence-corrected chi connectivity index (χ1v) is 7.72. The summed E-state index contributed by atoms with van der Waals surface area (Å²) in [6, 6.07) is 8.00. The Bertz CT molecular complexity index is 565. The van der Waals surface area contributed by atoms with Crippen LogP contribution in [0.25, 0.3) is 0 Å². The van der Waals surface area contributed by atoms with Crippen molar-refractivity contribution in [3.8, 4) is 0 Å². The molecule has 0 atom stereocenters. The lowest BCUT2D eigenvalue weighted by Crippen LogP contribution is -2.46. The van der Waals surface area contributed by atoms with Crippen LogP contribution in [0.2, 0.25) is 10.2 Å². The van der Waals surface area contributed by atoms with Gasteiger partial charge in [-0.3, -0.25) is 0 Å². The van der Waals surface area contributed by atoms with Gasteiger partial charge < -0.3 is 9.80 Å². The molecule has 0 aliphatic carbocycles.